The van der Waals surface area contributed by atoms with Gasteiger partial charge in [0.1, 0.15) is 5.00 Å². The Balaban J connectivity index is 1.76. The molecule has 1 aromatic carbocycles. The quantitative estimate of drug-likeness (QED) is 0.432. The van der Waals surface area contributed by atoms with Crippen LogP contribution in [0, 0.1) is 10.1 Å². The van der Waals surface area contributed by atoms with Crippen LogP contribution in [0.15, 0.2) is 30.5 Å². The molecule has 11 heteroatoms. The zero-order valence-electron chi connectivity index (χ0n) is 15.0. The number of carbonyl (C=O) groups is 2. The molecule has 5 N–H and O–H groups in total. The number of rotatable bonds is 5. The topological polar surface area (TPSA) is 159 Å². The molecule has 2 aromatic heterocycles. The molecule has 0 radical (unpaired) electrons. The van der Waals surface area contributed by atoms with E-state index in [1.54, 1.807) is 29.1 Å². The van der Waals surface area contributed by atoms with Crippen LogP contribution in [0.4, 0.5) is 15.5 Å². The van der Waals surface area contributed by atoms with Crippen molar-refractivity contribution in [2.45, 2.75) is 19.4 Å². The number of para-hydroxylation sites is 1. The van der Waals surface area contributed by atoms with Crippen molar-refractivity contribution in [2.75, 3.05) is 5.32 Å². The number of benzene rings is 1. The van der Waals surface area contributed by atoms with Gasteiger partial charge in [0.2, 0.25) is 0 Å². The summed E-state index contributed by atoms with van der Waals surface area (Å²) in [4.78, 5) is 34.9. The number of nitro groups is 1. The number of carbonyl (C=O) groups excluding carboxylic acids is 2. The molecule has 10 nitrogen and oxygen atoms in total. The molecule has 0 atom stereocenters. The van der Waals surface area contributed by atoms with Crippen LogP contribution in [0.3, 0.4) is 0 Å². The number of primary amides is 2. The number of hydrogen-bond donors (Lipinski definition) is 3. The molecule has 1 aliphatic rings. The third-order valence-electron chi connectivity index (χ3n) is 4.80. The maximum Gasteiger partial charge on any atom is 0.317 e. The molecule has 0 bridgehead atoms. The SMILES string of the molecule is NC(=O)Nc1sc2c(c1C(N)=O)CCc1c-2cnn1Cc1ccccc1[N+](=O)[O-]. The summed E-state index contributed by atoms with van der Waals surface area (Å²) in [5.41, 5.74) is 14.1. The lowest BCUT2D eigenvalue weighted by Gasteiger charge is -2.15. The Kier molecular flexibility index (Phi) is 4.51. The largest absolute Gasteiger partial charge is 0.365 e. The highest BCUT2D eigenvalue weighted by Gasteiger charge is 2.30. The molecule has 0 spiro atoms. The number of anilines is 1. The van der Waals surface area contributed by atoms with Crippen LogP contribution in [0.25, 0.3) is 10.4 Å². The Morgan fingerprint density at radius 1 is 1.28 bits per heavy atom. The van der Waals surface area contributed by atoms with Crippen LogP contribution >= 0.6 is 11.3 Å². The van der Waals surface area contributed by atoms with E-state index in [1.807, 2.05) is 0 Å². The van der Waals surface area contributed by atoms with Crippen LogP contribution < -0.4 is 16.8 Å². The van der Waals surface area contributed by atoms with Crippen LogP contribution in [0.2, 0.25) is 0 Å². The molecular weight excluding hydrogens is 396 g/mol. The average Bonchev–Trinajstić information content (AvgIpc) is 3.22. The van der Waals surface area contributed by atoms with Crippen molar-refractivity contribution < 1.29 is 14.5 Å². The molecule has 148 valence electrons. The maximum absolute atomic E-state index is 11.9. The van der Waals surface area contributed by atoms with Gasteiger partial charge in [0, 0.05) is 22.2 Å². The highest BCUT2D eigenvalue weighted by molar-refractivity contribution is 7.20. The average molecular weight is 412 g/mol. The number of nitrogens with one attached hydrogen (secondary N) is 1. The van der Waals surface area contributed by atoms with E-state index in [0.717, 1.165) is 21.7 Å². The number of urea groups is 1. The lowest BCUT2D eigenvalue weighted by atomic mass is 9.93. The molecule has 0 saturated heterocycles. The smallest absolute Gasteiger partial charge is 0.317 e. The summed E-state index contributed by atoms with van der Waals surface area (Å²) in [7, 11) is 0. The monoisotopic (exact) mass is 412 g/mol. The highest BCUT2D eigenvalue weighted by atomic mass is 32.1. The van der Waals surface area contributed by atoms with Gasteiger partial charge in [-0.1, -0.05) is 18.2 Å². The summed E-state index contributed by atoms with van der Waals surface area (Å²) in [6.07, 6.45) is 2.77. The summed E-state index contributed by atoms with van der Waals surface area (Å²) in [6, 6.07) is 5.75. The summed E-state index contributed by atoms with van der Waals surface area (Å²) >= 11 is 1.21. The van der Waals surface area contributed by atoms with Gasteiger partial charge < -0.3 is 11.5 Å². The van der Waals surface area contributed by atoms with E-state index in [9.17, 15) is 19.7 Å². The number of fused-ring (bicyclic) bond motifs is 3. The highest BCUT2D eigenvalue weighted by Crippen LogP contribution is 2.45. The molecule has 1 aliphatic carbocycles. The number of nitrogens with zero attached hydrogens (tertiary/aromatic N) is 3. The van der Waals surface area contributed by atoms with Gasteiger partial charge in [-0.15, -0.1) is 11.3 Å². The summed E-state index contributed by atoms with van der Waals surface area (Å²) < 4.78 is 1.73. The third kappa shape index (κ3) is 3.21. The fraction of sp³-hybridized carbons (Fsp3) is 0.167. The molecule has 0 saturated carbocycles. The molecule has 0 unspecified atom stereocenters. The number of hydrogen-bond acceptors (Lipinski definition) is 6. The molecule has 4 rings (SSSR count). The van der Waals surface area contributed by atoms with E-state index in [4.69, 9.17) is 11.5 Å². The first-order valence-electron chi connectivity index (χ1n) is 8.66. The fourth-order valence-corrected chi connectivity index (χ4v) is 4.90. The van der Waals surface area contributed by atoms with E-state index in [1.165, 1.54) is 17.4 Å². The van der Waals surface area contributed by atoms with Crippen molar-refractivity contribution in [3.63, 3.8) is 0 Å². The molecule has 0 aliphatic heterocycles. The van der Waals surface area contributed by atoms with Gasteiger partial charge in [-0.25, -0.2) is 4.79 Å². The van der Waals surface area contributed by atoms with Crippen LogP contribution in [0.1, 0.15) is 27.2 Å². The lowest BCUT2D eigenvalue weighted by Crippen LogP contribution is -2.22. The minimum Gasteiger partial charge on any atom is -0.365 e. The van der Waals surface area contributed by atoms with E-state index in [0.29, 0.717) is 23.4 Å². The standard InChI is InChI=1S/C18H16N6O4S/c19-16(25)14-10-5-6-13-11(15(10)29-17(14)22-18(20)26)7-21-23(13)8-9-3-1-2-4-12(9)24(27)28/h1-4,7H,5-6,8H2,(H2,19,25)(H3,20,22,26). The first-order valence-corrected chi connectivity index (χ1v) is 9.47. The Morgan fingerprint density at radius 3 is 2.72 bits per heavy atom. The van der Waals surface area contributed by atoms with Gasteiger partial charge >= 0.3 is 6.03 Å². The van der Waals surface area contributed by atoms with Gasteiger partial charge in [0.15, 0.2) is 0 Å². The van der Waals surface area contributed by atoms with Crippen molar-refractivity contribution in [1.82, 2.24) is 9.78 Å². The first kappa shape index (κ1) is 18.6. The number of aromatic nitrogens is 2. The normalized spacial score (nSPS) is 12.1. The Morgan fingerprint density at radius 2 is 2.03 bits per heavy atom. The molecule has 2 heterocycles. The van der Waals surface area contributed by atoms with E-state index in [-0.39, 0.29) is 17.8 Å². The van der Waals surface area contributed by atoms with Crippen LogP contribution in [-0.2, 0) is 19.4 Å². The minimum atomic E-state index is -0.779. The van der Waals surface area contributed by atoms with Crippen molar-refractivity contribution in [3.05, 3.63) is 63.0 Å². The summed E-state index contributed by atoms with van der Waals surface area (Å²) in [5.74, 6) is -0.637. The minimum absolute atomic E-state index is 0.0355. The van der Waals surface area contributed by atoms with E-state index in [2.05, 4.69) is 10.4 Å². The van der Waals surface area contributed by atoms with Crippen LogP contribution in [-0.4, -0.2) is 26.6 Å². The van der Waals surface area contributed by atoms with E-state index < -0.39 is 16.9 Å². The second-order valence-corrected chi connectivity index (χ2v) is 7.54. The van der Waals surface area contributed by atoms with Crippen molar-refractivity contribution >= 4 is 34.0 Å². The Bertz CT molecular complexity index is 1170. The van der Waals surface area contributed by atoms with Crippen molar-refractivity contribution in [2.24, 2.45) is 11.5 Å². The number of nitrogens with two attached hydrogens (primary N) is 2. The maximum atomic E-state index is 11.9. The van der Waals surface area contributed by atoms with Gasteiger partial charge in [0.25, 0.3) is 11.6 Å². The van der Waals surface area contributed by atoms with Crippen molar-refractivity contribution in [3.8, 4) is 10.4 Å². The predicted molar refractivity (Wildman–Crippen MR) is 107 cm³/mol. The lowest BCUT2D eigenvalue weighted by molar-refractivity contribution is -0.385. The molecule has 0 fully saturated rings. The second kappa shape index (κ2) is 7.02. The Labute approximate surface area is 168 Å². The molecule has 3 aromatic rings. The zero-order chi connectivity index (χ0) is 20.7. The van der Waals surface area contributed by atoms with Gasteiger partial charge in [-0.05, 0) is 18.4 Å². The third-order valence-corrected chi connectivity index (χ3v) is 5.98. The number of nitro benzene ring substituents is 1. The predicted octanol–water partition coefficient (Wildman–Crippen LogP) is 2.26. The van der Waals surface area contributed by atoms with E-state index >= 15 is 0 Å². The Hall–Kier alpha value is -3.73. The van der Waals surface area contributed by atoms with Gasteiger partial charge in [0.05, 0.1) is 28.8 Å². The van der Waals surface area contributed by atoms with Crippen LogP contribution in [0.5, 0.6) is 0 Å². The molecular formula is C18H16N6O4S. The number of amides is 3. The summed E-state index contributed by atoms with van der Waals surface area (Å²) in [5, 5.41) is 18.5. The first-order chi connectivity index (χ1) is 13.9. The molecule has 29 heavy (non-hydrogen) atoms. The fourth-order valence-electron chi connectivity index (χ4n) is 3.61. The van der Waals surface area contributed by atoms with Crippen molar-refractivity contribution in [1.29, 1.82) is 0 Å². The zero-order valence-corrected chi connectivity index (χ0v) is 15.9. The summed E-state index contributed by atoms with van der Waals surface area (Å²) in [6.45, 7) is 0.252. The molecule has 3 amide bonds. The number of thiophene rings is 1. The van der Waals surface area contributed by atoms with Gasteiger partial charge in [-0.2, -0.15) is 5.10 Å². The second-order valence-electron chi connectivity index (χ2n) is 6.52. The van der Waals surface area contributed by atoms with Gasteiger partial charge in [-0.3, -0.25) is 24.9 Å².